The summed E-state index contributed by atoms with van der Waals surface area (Å²) < 4.78 is 5.31. The van der Waals surface area contributed by atoms with Gasteiger partial charge in [-0.2, -0.15) is 5.10 Å². The molecule has 0 aliphatic carbocycles. The lowest BCUT2D eigenvalue weighted by molar-refractivity contribution is -0.136. The summed E-state index contributed by atoms with van der Waals surface area (Å²) in [5.74, 6) is -0.945. The number of ether oxygens (including phenoxy) is 1. The van der Waals surface area contributed by atoms with E-state index in [-0.39, 0.29) is 0 Å². The first kappa shape index (κ1) is 18.9. The molecule has 134 valence electrons. The Bertz CT molecular complexity index is 797. The lowest BCUT2D eigenvalue weighted by Gasteiger charge is -2.06. The molecule has 26 heavy (non-hydrogen) atoms. The van der Waals surface area contributed by atoms with E-state index in [1.165, 1.54) is 6.21 Å². The van der Waals surface area contributed by atoms with E-state index in [9.17, 15) is 9.59 Å². The zero-order valence-electron chi connectivity index (χ0n) is 14.7. The lowest BCUT2D eigenvalue weighted by Crippen LogP contribution is -2.32. The van der Waals surface area contributed by atoms with E-state index in [0.717, 1.165) is 11.1 Å². The maximum Gasteiger partial charge on any atom is 0.329 e. The van der Waals surface area contributed by atoms with E-state index >= 15 is 0 Å². The number of rotatable bonds is 6. The van der Waals surface area contributed by atoms with E-state index < -0.39 is 11.8 Å². The Morgan fingerprint density at radius 2 is 1.73 bits per heavy atom. The summed E-state index contributed by atoms with van der Waals surface area (Å²) in [5.41, 5.74) is 4.56. The Morgan fingerprint density at radius 1 is 1.04 bits per heavy atom. The van der Waals surface area contributed by atoms with Gasteiger partial charge >= 0.3 is 11.8 Å². The minimum atomic E-state index is -0.845. The SMILES string of the molecule is CCOc1ccc(NC(=O)C(=O)N/N=C\C(C)=C/c2ccccc2)cc1. The van der Waals surface area contributed by atoms with Crippen LogP contribution in [0.4, 0.5) is 5.69 Å². The summed E-state index contributed by atoms with van der Waals surface area (Å²) in [4.78, 5) is 23.6. The molecule has 6 nitrogen and oxygen atoms in total. The molecular weight excluding hydrogens is 330 g/mol. The van der Waals surface area contributed by atoms with Crippen molar-refractivity contribution in [1.82, 2.24) is 5.43 Å². The first-order valence-corrected chi connectivity index (χ1v) is 8.19. The highest BCUT2D eigenvalue weighted by molar-refractivity contribution is 6.39. The predicted molar refractivity (Wildman–Crippen MR) is 103 cm³/mol. The fourth-order valence-electron chi connectivity index (χ4n) is 2.08. The van der Waals surface area contributed by atoms with Gasteiger partial charge in [0.05, 0.1) is 12.8 Å². The molecule has 6 heteroatoms. The van der Waals surface area contributed by atoms with E-state index in [1.807, 2.05) is 50.3 Å². The van der Waals surface area contributed by atoms with Crippen molar-refractivity contribution in [3.63, 3.8) is 0 Å². The molecule has 0 radical (unpaired) electrons. The lowest BCUT2D eigenvalue weighted by atomic mass is 10.1. The van der Waals surface area contributed by atoms with E-state index in [4.69, 9.17) is 4.74 Å². The van der Waals surface area contributed by atoms with Crippen LogP contribution < -0.4 is 15.5 Å². The highest BCUT2D eigenvalue weighted by Crippen LogP contribution is 2.15. The van der Waals surface area contributed by atoms with Crippen molar-refractivity contribution < 1.29 is 14.3 Å². The van der Waals surface area contributed by atoms with Crippen molar-refractivity contribution >= 4 is 29.8 Å². The summed E-state index contributed by atoms with van der Waals surface area (Å²) in [6, 6.07) is 16.5. The van der Waals surface area contributed by atoms with Crippen molar-refractivity contribution in [3.05, 3.63) is 65.7 Å². The van der Waals surface area contributed by atoms with Crippen LogP contribution in [0.25, 0.3) is 6.08 Å². The van der Waals surface area contributed by atoms with Crippen molar-refractivity contribution in [2.45, 2.75) is 13.8 Å². The van der Waals surface area contributed by atoms with Gasteiger partial charge in [-0.15, -0.1) is 0 Å². The zero-order chi connectivity index (χ0) is 18.8. The minimum absolute atomic E-state index is 0.498. The molecule has 2 amide bonds. The van der Waals surface area contributed by atoms with Gasteiger partial charge < -0.3 is 10.1 Å². The monoisotopic (exact) mass is 351 g/mol. The van der Waals surface area contributed by atoms with E-state index in [0.29, 0.717) is 18.0 Å². The third-order valence-corrected chi connectivity index (χ3v) is 3.26. The predicted octanol–water partition coefficient (Wildman–Crippen LogP) is 3.23. The standard InChI is InChI=1S/C20H21N3O3/c1-3-26-18-11-9-17(10-12-18)22-19(24)20(25)23-21-14-15(2)13-16-7-5-4-6-8-16/h4-14H,3H2,1-2H3,(H,22,24)(H,23,25)/b15-13-,21-14-. The second-order valence-electron chi connectivity index (χ2n) is 5.41. The maximum absolute atomic E-state index is 11.8. The van der Waals surface area contributed by atoms with E-state index in [2.05, 4.69) is 15.8 Å². The second kappa shape index (κ2) is 9.78. The molecule has 0 aliphatic heterocycles. The van der Waals surface area contributed by atoms with Gasteiger partial charge in [-0.3, -0.25) is 9.59 Å². The van der Waals surface area contributed by atoms with Crippen LogP contribution in [0.5, 0.6) is 5.75 Å². The van der Waals surface area contributed by atoms with Gasteiger partial charge in [0, 0.05) is 5.69 Å². The average Bonchev–Trinajstić information content (AvgIpc) is 2.64. The fraction of sp³-hybridized carbons (Fsp3) is 0.150. The first-order valence-electron chi connectivity index (χ1n) is 8.19. The number of anilines is 1. The summed E-state index contributed by atoms with van der Waals surface area (Å²) in [6.45, 7) is 4.30. The van der Waals surface area contributed by atoms with Gasteiger partial charge in [0.25, 0.3) is 0 Å². The van der Waals surface area contributed by atoms with Crippen molar-refractivity contribution in [2.75, 3.05) is 11.9 Å². The molecule has 0 heterocycles. The molecule has 0 fully saturated rings. The molecule has 0 aliphatic rings. The van der Waals surface area contributed by atoms with Crippen molar-refractivity contribution in [3.8, 4) is 5.75 Å². The number of hydrazone groups is 1. The number of nitrogens with zero attached hydrogens (tertiary/aromatic N) is 1. The number of allylic oxidation sites excluding steroid dienone is 1. The van der Waals surface area contributed by atoms with Crippen LogP contribution in [0.1, 0.15) is 19.4 Å². The molecule has 0 aromatic heterocycles. The van der Waals surface area contributed by atoms with Gasteiger partial charge in [-0.05, 0) is 49.2 Å². The molecule has 2 rings (SSSR count). The number of carbonyl (C=O) groups excluding carboxylic acids is 2. The van der Waals surface area contributed by atoms with Crippen molar-refractivity contribution in [2.24, 2.45) is 5.10 Å². The first-order chi connectivity index (χ1) is 12.6. The number of hydrogen-bond donors (Lipinski definition) is 2. The third-order valence-electron chi connectivity index (χ3n) is 3.26. The third kappa shape index (κ3) is 6.24. The summed E-state index contributed by atoms with van der Waals surface area (Å²) >= 11 is 0. The summed E-state index contributed by atoms with van der Waals surface area (Å²) in [7, 11) is 0. The van der Waals surface area contributed by atoms with Gasteiger partial charge in [0.1, 0.15) is 5.75 Å². The smallest absolute Gasteiger partial charge is 0.329 e. The number of nitrogens with one attached hydrogen (secondary N) is 2. The van der Waals surface area contributed by atoms with Crippen LogP contribution in [-0.4, -0.2) is 24.6 Å². The Labute approximate surface area is 152 Å². The topological polar surface area (TPSA) is 79.8 Å². The largest absolute Gasteiger partial charge is 0.494 e. The molecule has 0 saturated heterocycles. The average molecular weight is 351 g/mol. The Balaban J connectivity index is 1.84. The van der Waals surface area contributed by atoms with Crippen LogP contribution in [0, 0.1) is 0 Å². The number of benzene rings is 2. The molecule has 0 saturated carbocycles. The highest BCUT2D eigenvalue weighted by atomic mass is 16.5. The molecule has 0 spiro atoms. The Morgan fingerprint density at radius 3 is 2.38 bits per heavy atom. The minimum Gasteiger partial charge on any atom is -0.494 e. The summed E-state index contributed by atoms with van der Waals surface area (Å²) in [5, 5.41) is 6.29. The van der Waals surface area contributed by atoms with Gasteiger partial charge in [0.15, 0.2) is 0 Å². The second-order valence-corrected chi connectivity index (χ2v) is 5.41. The van der Waals surface area contributed by atoms with E-state index in [1.54, 1.807) is 24.3 Å². The molecule has 0 unspecified atom stereocenters. The molecule has 2 aromatic rings. The maximum atomic E-state index is 11.8. The quantitative estimate of drug-likeness (QED) is 0.476. The number of hydrogen-bond acceptors (Lipinski definition) is 4. The van der Waals surface area contributed by atoms with Crippen molar-refractivity contribution in [1.29, 1.82) is 0 Å². The normalized spacial score (nSPS) is 11.2. The van der Waals surface area contributed by atoms with Gasteiger partial charge in [0.2, 0.25) is 0 Å². The Kier molecular flexibility index (Phi) is 7.12. The van der Waals surface area contributed by atoms with Crippen LogP contribution in [0.3, 0.4) is 0 Å². The van der Waals surface area contributed by atoms with Crippen LogP contribution in [0.15, 0.2) is 65.3 Å². The van der Waals surface area contributed by atoms with Gasteiger partial charge in [-0.25, -0.2) is 5.43 Å². The molecular formula is C20H21N3O3. The number of carbonyl (C=O) groups is 2. The molecule has 0 atom stereocenters. The highest BCUT2D eigenvalue weighted by Gasteiger charge is 2.12. The molecule has 2 N–H and O–H groups in total. The zero-order valence-corrected chi connectivity index (χ0v) is 14.7. The van der Waals surface area contributed by atoms with Crippen LogP contribution in [-0.2, 0) is 9.59 Å². The van der Waals surface area contributed by atoms with Gasteiger partial charge in [-0.1, -0.05) is 36.4 Å². The fourth-order valence-corrected chi connectivity index (χ4v) is 2.08. The molecule has 0 bridgehead atoms. The Hall–Kier alpha value is -3.41. The summed E-state index contributed by atoms with van der Waals surface area (Å²) in [6.07, 6.45) is 3.39. The molecule has 2 aromatic carbocycles. The van der Waals surface area contributed by atoms with Crippen LogP contribution in [0.2, 0.25) is 0 Å². The van der Waals surface area contributed by atoms with Crippen LogP contribution >= 0.6 is 0 Å². The number of amides is 2.